The van der Waals surface area contributed by atoms with Crippen molar-refractivity contribution in [2.75, 3.05) is 11.9 Å². The van der Waals surface area contributed by atoms with Gasteiger partial charge in [0.15, 0.2) is 0 Å². The van der Waals surface area contributed by atoms with Gasteiger partial charge in [-0.2, -0.15) is 0 Å². The van der Waals surface area contributed by atoms with Crippen LogP contribution in [0.5, 0.6) is 0 Å². The van der Waals surface area contributed by atoms with Crippen LogP contribution in [0.2, 0.25) is 0 Å². The van der Waals surface area contributed by atoms with Gasteiger partial charge < -0.3 is 11.1 Å². The van der Waals surface area contributed by atoms with Gasteiger partial charge in [-0.15, -0.1) is 10.2 Å². The van der Waals surface area contributed by atoms with Crippen molar-refractivity contribution < 1.29 is 9.59 Å². The number of rotatable bonds is 8. The summed E-state index contributed by atoms with van der Waals surface area (Å²) < 4.78 is 0. The summed E-state index contributed by atoms with van der Waals surface area (Å²) in [4.78, 5) is 25.3. The summed E-state index contributed by atoms with van der Waals surface area (Å²) in [5, 5.41) is 11.8. The van der Waals surface area contributed by atoms with Crippen molar-refractivity contribution in [2.24, 2.45) is 5.73 Å². The van der Waals surface area contributed by atoms with Crippen LogP contribution in [0.15, 0.2) is 24.3 Å². The zero-order chi connectivity index (χ0) is 18.4. The van der Waals surface area contributed by atoms with Gasteiger partial charge in [0.05, 0.1) is 13.1 Å². The smallest absolute Gasteiger partial charge is 0.286 e. The molecular weight excluding hydrogens is 338 g/mol. The average Bonchev–Trinajstić information content (AvgIpc) is 3.03. The van der Waals surface area contributed by atoms with Crippen molar-refractivity contribution in [2.45, 2.75) is 39.8 Å². The molecule has 134 valence electrons. The summed E-state index contributed by atoms with van der Waals surface area (Å²) in [6, 6.07) is 7.82. The lowest BCUT2D eigenvalue weighted by molar-refractivity contribution is -0.119. The Bertz CT molecular complexity index is 727. The number of aryl methyl sites for hydroxylation is 1. The SMILES string of the molecule is CCc1ccc(NC(=O)c2nnc(CN(CC(N)=O)C(C)C)s2)cc1. The number of benzene rings is 1. The number of aromatic nitrogens is 2. The van der Waals surface area contributed by atoms with E-state index in [0.29, 0.717) is 11.6 Å². The summed E-state index contributed by atoms with van der Waals surface area (Å²) >= 11 is 1.21. The van der Waals surface area contributed by atoms with Gasteiger partial charge in [-0.1, -0.05) is 30.4 Å². The Labute approximate surface area is 151 Å². The minimum absolute atomic E-state index is 0.130. The molecule has 1 aromatic heterocycles. The predicted molar refractivity (Wildman–Crippen MR) is 98.4 cm³/mol. The Balaban J connectivity index is 2.01. The minimum atomic E-state index is -0.397. The maximum Gasteiger partial charge on any atom is 0.286 e. The molecule has 0 aliphatic rings. The molecule has 0 fully saturated rings. The molecule has 1 aromatic carbocycles. The number of nitrogens with zero attached hydrogens (tertiary/aromatic N) is 3. The Morgan fingerprint density at radius 3 is 2.48 bits per heavy atom. The lowest BCUT2D eigenvalue weighted by Gasteiger charge is -2.23. The third kappa shape index (κ3) is 5.61. The lowest BCUT2D eigenvalue weighted by Crippen LogP contribution is -2.37. The van der Waals surface area contributed by atoms with Crippen molar-refractivity contribution in [1.82, 2.24) is 15.1 Å². The van der Waals surface area contributed by atoms with Gasteiger partial charge in [0, 0.05) is 11.7 Å². The minimum Gasteiger partial charge on any atom is -0.369 e. The molecule has 1 heterocycles. The second-order valence-electron chi connectivity index (χ2n) is 5.97. The molecule has 2 aromatic rings. The van der Waals surface area contributed by atoms with Crippen molar-refractivity contribution in [1.29, 1.82) is 0 Å². The fourth-order valence-electron chi connectivity index (χ4n) is 2.21. The van der Waals surface area contributed by atoms with Crippen LogP contribution >= 0.6 is 11.3 Å². The van der Waals surface area contributed by atoms with Gasteiger partial charge in [0.2, 0.25) is 10.9 Å². The largest absolute Gasteiger partial charge is 0.369 e. The summed E-state index contributed by atoms with van der Waals surface area (Å²) in [5.41, 5.74) is 7.19. The van der Waals surface area contributed by atoms with Crippen LogP contribution in [0.25, 0.3) is 0 Å². The van der Waals surface area contributed by atoms with Crippen molar-refractivity contribution >= 4 is 28.8 Å². The van der Waals surface area contributed by atoms with E-state index in [0.717, 1.165) is 12.1 Å². The van der Waals surface area contributed by atoms with Crippen molar-refractivity contribution in [3.8, 4) is 0 Å². The fourth-order valence-corrected chi connectivity index (χ4v) is 2.97. The maximum atomic E-state index is 12.3. The molecule has 0 saturated carbocycles. The zero-order valence-corrected chi connectivity index (χ0v) is 15.5. The third-order valence-electron chi connectivity index (χ3n) is 3.71. The molecule has 7 nitrogen and oxygen atoms in total. The molecule has 0 aliphatic carbocycles. The zero-order valence-electron chi connectivity index (χ0n) is 14.7. The number of carbonyl (C=O) groups is 2. The first-order valence-electron chi connectivity index (χ1n) is 8.14. The highest BCUT2D eigenvalue weighted by molar-refractivity contribution is 7.13. The number of primary amides is 1. The number of nitrogens with one attached hydrogen (secondary N) is 1. The number of amides is 2. The van der Waals surface area contributed by atoms with E-state index < -0.39 is 5.91 Å². The monoisotopic (exact) mass is 361 g/mol. The normalized spacial score (nSPS) is 11.1. The molecule has 0 radical (unpaired) electrons. The Morgan fingerprint density at radius 2 is 1.92 bits per heavy atom. The second-order valence-corrected chi connectivity index (χ2v) is 7.03. The van der Waals surface area contributed by atoms with Crippen molar-refractivity contribution in [3.63, 3.8) is 0 Å². The first kappa shape index (κ1) is 19.0. The number of anilines is 1. The number of hydrogen-bond donors (Lipinski definition) is 2. The summed E-state index contributed by atoms with van der Waals surface area (Å²) in [6.45, 7) is 6.59. The Kier molecular flexibility index (Phi) is 6.60. The fraction of sp³-hybridized carbons (Fsp3) is 0.412. The topological polar surface area (TPSA) is 101 Å². The van der Waals surface area contributed by atoms with Crippen LogP contribution in [0.4, 0.5) is 5.69 Å². The van der Waals surface area contributed by atoms with Crippen LogP contribution in [-0.4, -0.2) is 39.5 Å². The average molecular weight is 361 g/mol. The van der Waals surface area contributed by atoms with Crippen LogP contribution in [0.1, 0.15) is 41.1 Å². The maximum absolute atomic E-state index is 12.3. The third-order valence-corrected chi connectivity index (χ3v) is 4.62. The second kappa shape index (κ2) is 8.68. The van der Waals surface area contributed by atoms with E-state index >= 15 is 0 Å². The van der Waals surface area contributed by atoms with Gasteiger partial charge in [0.1, 0.15) is 5.01 Å². The summed E-state index contributed by atoms with van der Waals surface area (Å²) in [6.07, 6.45) is 0.950. The molecule has 25 heavy (non-hydrogen) atoms. The lowest BCUT2D eigenvalue weighted by atomic mass is 10.1. The van der Waals surface area contributed by atoms with Gasteiger partial charge in [-0.05, 0) is 38.0 Å². The quantitative estimate of drug-likeness (QED) is 0.749. The van der Waals surface area contributed by atoms with E-state index in [4.69, 9.17) is 5.73 Å². The van der Waals surface area contributed by atoms with E-state index in [-0.39, 0.29) is 23.5 Å². The van der Waals surface area contributed by atoms with Gasteiger partial charge in [0.25, 0.3) is 5.91 Å². The molecule has 3 N–H and O–H groups in total. The molecule has 0 atom stereocenters. The molecular formula is C17H23N5O2S. The molecule has 2 amide bonds. The van der Waals surface area contributed by atoms with E-state index in [2.05, 4.69) is 22.4 Å². The number of carbonyl (C=O) groups excluding carboxylic acids is 2. The standard InChI is InChI=1S/C17H23N5O2S/c1-4-12-5-7-13(8-6-12)19-16(24)17-21-20-15(25-17)10-22(11(2)3)9-14(18)23/h5-8,11H,4,9-10H2,1-3H3,(H2,18,23)(H,19,24). The van der Waals surface area contributed by atoms with E-state index in [1.165, 1.54) is 16.9 Å². The number of nitrogens with two attached hydrogens (primary N) is 1. The van der Waals surface area contributed by atoms with Gasteiger partial charge >= 0.3 is 0 Å². The van der Waals surface area contributed by atoms with E-state index in [9.17, 15) is 9.59 Å². The van der Waals surface area contributed by atoms with Gasteiger partial charge in [-0.3, -0.25) is 14.5 Å². The Morgan fingerprint density at radius 1 is 1.24 bits per heavy atom. The predicted octanol–water partition coefficient (Wildman–Crippen LogP) is 2.05. The molecule has 0 bridgehead atoms. The van der Waals surface area contributed by atoms with Crippen LogP contribution in [-0.2, 0) is 17.8 Å². The molecule has 0 aliphatic heterocycles. The number of hydrogen-bond acceptors (Lipinski definition) is 6. The molecule has 0 spiro atoms. The summed E-state index contributed by atoms with van der Waals surface area (Å²) in [7, 11) is 0. The first-order valence-corrected chi connectivity index (χ1v) is 8.95. The highest BCUT2D eigenvalue weighted by Crippen LogP contribution is 2.16. The molecule has 2 rings (SSSR count). The van der Waals surface area contributed by atoms with E-state index in [1.54, 1.807) is 0 Å². The van der Waals surface area contributed by atoms with Gasteiger partial charge in [-0.25, -0.2) is 0 Å². The molecule has 8 heteroatoms. The van der Waals surface area contributed by atoms with Crippen LogP contribution < -0.4 is 11.1 Å². The van der Waals surface area contributed by atoms with E-state index in [1.807, 2.05) is 43.0 Å². The Hall–Kier alpha value is -2.32. The van der Waals surface area contributed by atoms with Crippen molar-refractivity contribution in [3.05, 3.63) is 39.8 Å². The first-order chi connectivity index (χ1) is 11.9. The highest BCUT2D eigenvalue weighted by atomic mass is 32.1. The highest BCUT2D eigenvalue weighted by Gasteiger charge is 2.18. The molecule has 0 saturated heterocycles. The van der Waals surface area contributed by atoms with Crippen LogP contribution in [0, 0.1) is 0 Å². The molecule has 0 unspecified atom stereocenters. The summed E-state index contributed by atoms with van der Waals surface area (Å²) in [5.74, 6) is -0.689. The van der Waals surface area contributed by atoms with Crippen LogP contribution in [0.3, 0.4) is 0 Å².